The molecule has 0 aliphatic carbocycles. The van der Waals surface area contributed by atoms with Crippen LogP contribution in [0, 0.1) is 6.92 Å². The molecule has 27 heavy (non-hydrogen) atoms. The van der Waals surface area contributed by atoms with Crippen LogP contribution in [-0.2, 0) is 17.9 Å². The molecule has 3 aromatic rings. The third kappa shape index (κ3) is 4.61. The Hall–Kier alpha value is -3.41. The average Bonchev–Trinajstić information content (AvgIpc) is 2.69. The number of nitrogens with zero attached hydrogens (tertiary/aromatic N) is 2. The number of para-hydroxylation sites is 1. The molecule has 6 nitrogen and oxygen atoms in total. The molecule has 0 unspecified atom stereocenters. The molecule has 0 atom stereocenters. The van der Waals surface area contributed by atoms with Crippen LogP contribution in [0.4, 0.5) is 0 Å². The molecule has 0 bridgehead atoms. The molecule has 0 saturated heterocycles. The molecular weight excluding hydrogens is 342 g/mol. The van der Waals surface area contributed by atoms with E-state index in [4.69, 9.17) is 4.74 Å². The summed E-state index contributed by atoms with van der Waals surface area (Å²) in [6.07, 6.45) is 1.38. The molecule has 6 heteroatoms. The fourth-order valence-corrected chi connectivity index (χ4v) is 2.67. The minimum atomic E-state index is -0.295. The Kier molecular flexibility index (Phi) is 5.66. The maximum Gasteiger partial charge on any atom is 0.254 e. The Morgan fingerprint density at radius 2 is 1.89 bits per heavy atom. The predicted octanol–water partition coefficient (Wildman–Crippen LogP) is 2.54. The number of aryl methyl sites for hydroxylation is 1. The molecule has 1 amide bonds. The molecule has 0 spiro atoms. The summed E-state index contributed by atoms with van der Waals surface area (Å²) in [5, 5.41) is 2.81. The van der Waals surface area contributed by atoms with Crippen LogP contribution in [0.2, 0.25) is 0 Å². The Balaban J connectivity index is 1.68. The van der Waals surface area contributed by atoms with Gasteiger partial charge in [-0.25, -0.2) is 4.98 Å². The molecule has 0 saturated carbocycles. The topological polar surface area (TPSA) is 73.2 Å². The third-order valence-corrected chi connectivity index (χ3v) is 4.19. The first kappa shape index (κ1) is 18.4. The second-order valence-electron chi connectivity index (χ2n) is 6.20. The average molecular weight is 363 g/mol. The van der Waals surface area contributed by atoms with E-state index in [2.05, 4.69) is 10.3 Å². The second-order valence-corrected chi connectivity index (χ2v) is 6.20. The molecular formula is C21H21N3O3. The van der Waals surface area contributed by atoms with E-state index < -0.39 is 0 Å². The van der Waals surface area contributed by atoms with E-state index in [1.165, 1.54) is 17.0 Å². The van der Waals surface area contributed by atoms with Crippen LogP contribution in [0.1, 0.15) is 11.1 Å². The number of carbonyl (C=O) groups excluding carboxylic acids is 1. The van der Waals surface area contributed by atoms with Crippen LogP contribution in [0.3, 0.4) is 0 Å². The zero-order chi connectivity index (χ0) is 19.2. The van der Waals surface area contributed by atoms with Crippen molar-refractivity contribution >= 4 is 5.91 Å². The van der Waals surface area contributed by atoms with Crippen molar-refractivity contribution < 1.29 is 9.53 Å². The van der Waals surface area contributed by atoms with Gasteiger partial charge in [-0.3, -0.25) is 14.2 Å². The van der Waals surface area contributed by atoms with Crippen molar-refractivity contribution in [2.75, 3.05) is 7.11 Å². The monoisotopic (exact) mass is 363 g/mol. The summed E-state index contributed by atoms with van der Waals surface area (Å²) in [6, 6.07) is 16.7. The Bertz CT molecular complexity index is 994. The van der Waals surface area contributed by atoms with Crippen molar-refractivity contribution in [2.24, 2.45) is 0 Å². The zero-order valence-corrected chi connectivity index (χ0v) is 15.3. The van der Waals surface area contributed by atoms with E-state index in [0.717, 1.165) is 16.7 Å². The van der Waals surface area contributed by atoms with E-state index in [0.29, 0.717) is 18.0 Å². The van der Waals surface area contributed by atoms with Crippen molar-refractivity contribution in [1.29, 1.82) is 0 Å². The second kappa shape index (κ2) is 8.31. The van der Waals surface area contributed by atoms with E-state index in [1.54, 1.807) is 13.2 Å². The van der Waals surface area contributed by atoms with Gasteiger partial charge in [0.15, 0.2) is 0 Å². The van der Waals surface area contributed by atoms with E-state index in [1.807, 2.05) is 49.4 Å². The number of hydrogen-bond donors (Lipinski definition) is 1. The van der Waals surface area contributed by atoms with Gasteiger partial charge in [0.1, 0.15) is 12.3 Å². The summed E-state index contributed by atoms with van der Waals surface area (Å²) in [5.74, 6) is 0.391. The van der Waals surface area contributed by atoms with Crippen molar-refractivity contribution in [3.63, 3.8) is 0 Å². The highest BCUT2D eigenvalue weighted by molar-refractivity contribution is 5.75. The van der Waals surface area contributed by atoms with Gasteiger partial charge in [-0.1, -0.05) is 42.0 Å². The van der Waals surface area contributed by atoms with E-state index >= 15 is 0 Å². The molecule has 0 aliphatic heterocycles. The Morgan fingerprint density at radius 1 is 1.15 bits per heavy atom. The lowest BCUT2D eigenvalue weighted by molar-refractivity contribution is -0.121. The molecule has 2 aromatic carbocycles. The Labute approximate surface area is 157 Å². The molecule has 1 aromatic heterocycles. The Morgan fingerprint density at radius 3 is 2.59 bits per heavy atom. The van der Waals surface area contributed by atoms with Crippen molar-refractivity contribution in [1.82, 2.24) is 14.9 Å². The van der Waals surface area contributed by atoms with Crippen LogP contribution in [0.15, 0.2) is 65.7 Å². The normalized spacial score (nSPS) is 10.4. The third-order valence-electron chi connectivity index (χ3n) is 4.19. The molecule has 1 heterocycles. The predicted molar refractivity (Wildman–Crippen MR) is 104 cm³/mol. The number of aromatic nitrogens is 2. The summed E-state index contributed by atoms with van der Waals surface area (Å²) in [5.41, 5.74) is 3.11. The largest absolute Gasteiger partial charge is 0.496 e. The molecule has 0 aliphatic rings. The maximum absolute atomic E-state index is 12.4. The highest BCUT2D eigenvalue weighted by atomic mass is 16.5. The maximum atomic E-state index is 12.4. The zero-order valence-electron chi connectivity index (χ0n) is 15.3. The first-order valence-corrected chi connectivity index (χ1v) is 8.59. The lowest BCUT2D eigenvalue weighted by Gasteiger charge is -2.10. The lowest BCUT2D eigenvalue weighted by atomic mass is 10.1. The number of benzene rings is 2. The SMILES string of the molecule is COc1ccccc1-c1cc(=O)n(CC(=O)NCc2ccc(C)cc2)cn1. The molecule has 0 radical (unpaired) electrons. The number of methoxy groups -OCH3 is 1. The number of hydrogen-bond acceptors (Lipinski definition) is 4. The van der Waals surface area contributed by atoms with Gasteiger partial charge >= 0.3 is 0 Å². The summed E-state index contributed by atoms with van der Waals surface area (Å²) in [7, 11) is 1.57. The van der Waals surface area contributed by atoms with Gasteiger partial charge in [-0.2, -0.15) is 0 Å². The minimum absolute atomic E-state index is 0.0795. The van der Waals surface area contributed by atoms with Crippen LogP contribution < -0.4 is 15.6 Å². The smallest absolute Gasteiger partial charge is 0.254 e. The van der Waals surface area contributed by atoms with Crippen LogP contribution in [0.25, 0.3) is 11.3 Å². The number of nitrogens with one attached hydrogen (secondary N) is 1. The van der Waals surface area contributed by atoms with Gasteiger partial charge < -0.3 is 10.1 Å². The summed E-state index contributed by atoms with van der Waals surface area (Å²) >= 11 is 0. The van der Waals surface area contributed by atoms with Gasteiger partial charge in [0.25, 0.3) is 5.56 Å². The summed E-state index contributed by atoms with van der Waals surface area (Å²) in [4.78, 5) is 28.8. The van der Waals surface area contributed by atoms with Gasteiger partial charge in [-0.05, 0) is 24.6 Å². The van der Waals surface area contributed by atoms with Gasteiger partial charge in [0.2, 0.25) is 5.91 Å². The first-order chi connectivity index (χ1) is 13.1. The first-order valence-electron chi connectivity index (χ1n) is 8.59. The fourth-order valence-electron chi connectivity index (χ4n) is 2.67. The van der Waals surface area contributed by atoms with E-state index in [9.17, 15) is 9.59 Å². The summed E-state index contributed by atoms with van der Waals surface area (Å²) in [6.45, 7) is 2.35. The molecule has 3 rings (SSSR count). The lowest BCUT2D eigenvalue weighted by Crippen LogP contribution is -2.31. The minimum Gasteiger partial charge on any atom is -0.496 e. The van der Waals surface area contributed by atoms with Crippen molar-refractivity contribution in [3.05, 3.63) is 82.4 Å². The van der Waals surface area contributed by atoms with Gasteiger partial charge in [-0.15, -0.1) is 0 Å². The number of rotatable bonds is 6. The molecule has 1 N–H and O–H groups in total. The fraction of sp³-hybridized carbons (Fsp3) is 0.190. The van der Waals surface area contributed by atoms with E-state index in [-0.39, 0.29) is 18.0 Å². The standard InChI is InChI=1S/C21H21N3O3/c1-15-7-9-16(10-8-15)12-22-20(25)13-24-14-23-18(11-21(24)26)17-5-3-4-6-19(17)27-2/h3-11,14H,12-13H2,1-2H3,(H,22,25). The highest BCUT2D eigenvalue weighted by Gasteiger charge is 2.10. The van der Waals surface area contributed by atoms with Crippen molar-refractivity contribution in [3.8, 4) is 17.0 Å². The van der Waals surface area contributed by atoms with Gasteiger partial charge in [0.05, 0.1) is 19.1 Å². The molecule has 138 valence electrons. The molecule has 0 fully saturated rings. The van der Waals surface area contributed by atoms with Crippen LogP contribution in [0.5, 0.6) is 5.75 Å². The van der Waals surface area contributed by atoms with Crippen LogP contribution >= 0.6 is 0 Å². The van der Waals surface area contributed by atoms with Gasteiger partial charge in [0, 0.05) is 18.2 Å². The highest BCUT2D eigenvalue weighted by Crippen LogP contribution is 2.26. The quantitative estimate of drug-likeness (QED) is 0.730. The van der Waals surface area contributed by atoms with Crippen molar-refractivity contribution in [2.45, 2.75) is 20.0 Å². The number of carbonyl (C=O) groups is 1. The number of amides is 1. The number of ether oxygens (including phenoxy) is 1. The van der Waals surface area contributed by atoms with Crippen LogP contribution in [-0.4, -0.2) is 22.6 Å². The summed E-state index contributed by atoms with van der Waals surface area (Å²) < 4.78 is 6.58.